The van der Waals surface area contributed by atoms with Crippen LogP contribution in [0, 0.1) is 13.8 Å². The maximum atomic E-state index is 14.3. The topological polar surface area (TPSA) is 9.23 Å². The van der Waals surface area contributed by atoms with Gasteiger partial charge in [0.1, 0.15) is 5.75 Å². The molecule has 0 saturated heterocycles. The second-order valence-corrected chi connectivity index (χ2v) is 11.4. The fourth-order valence-corrected chi connectivity index (χ4v) is 6.02. The lowest BCUT2D eigenvalue weighted by atomic mass is 9.81. The molecule has 0 fully saturated rings. The van der Waals surface area contributed by atoms with Crippen molar-refractivity contribution in [2.45, 2.75) is 97.3 Å². The molecule has 0 aliphatic heterocycles. The zero-order chi connectivity index (χ0) is 32.5. The maximum absolute atomic E-state index is 14.3. The Balaban J connectivity index is 1.94. The highest BCUT2D eigenvalue weighted by molar-refractivity contribution is 5.48. The summed E-state index contributed by atoms with van der Waals surface area (Å²) in [4.78, 5) is 0. The van der Waals surface area contributed by atoms with E-state index in [1.54, 1.807) is 26.0 Å². The van der Waals surface area contributed by atoms with E-state index >= 15 is 0 Å². The molecular weight excluding hydrogens is 583 g/mol. The van der Waals surface area contributed by atoms with Crippen LogP contribution in [0.3, 0.4) is 0 Å². The van der Waals surface area contributed by atoms with Crippen LogP contribution < -0.4 is 4.74 Å². The van der Waals surface area contributed by atoms with Crippen molar-refractivity contribution < 1.29 is 44.3 Å². The van der Waals surface area contributed by atoms with Gasteiger partial charge < -0.3 is 4.74 Å². The highest BCUT2D eigenvalue weighted by Crippen LogP contribution is 2.45. The molecule has 1 nitrogen and oxygen atoms in total. The number of halogens is 9. The summed E-state index contributed by atoms with van der Waals surface area (Å²) in [6.45, 7) is 9.85. The van der Waals surface area contributed by atoms with Gasteiger partial charge >= 0.3 is 18.7 Å². The minimum Gasteiger partial charge on any atom is -0.405 e. The second-order valence-electron chi connectivity index (χ2n) is 11.4. The molecule has 3 rings (SSSR count). The lowest BCUT2D eigenvalue weighted by Gasteiger charge is -2.26. The summed E-state index contributed by atoms with van der Waals surface area (Å²) in [5.41, 5.74) is 0.290. The van der Waals surface area contributed by atoms with E-state index in [2.05, 4.69) is 4.74 Å². The van der Waals surface area contributed by atoms with Gasteiger partial charge in [-0.15, -0.1) is 13.2 Å². The molecule has 236 valence electrons. The van der Waals surface area contributed by atoms with Crippen LogP contribution in [-0.2, 0) is 25.2 Å². The molecule has 0 heterocycles. The molecule has 0 aromatic heterocycles. The highest BCUT2D eigenvalue weighted by atomic mass is 19.4. The van der Waals surface area contributed by atoms with Crippen molar-refractivity contribution in [2.75, 3.05) is 0 Å². The Morgan fingerprint density at radius 2 is 1.28 bits per heavy atom. The van der Waals surface area contributed by atoms with Crippen molar-refractivity contribution in [1.82, 2.24) is 0 Å². The van der Waals surface area contributed by atoms with Crippen molar-refractivity contribution in [3.8, 4) is 5.75 Å². The van der Waals surface area contributed by atoms with E-state index in [-0.39, 0.29) is 23.7 Å². The van der Waals surface area contributed by atoms with Gasteiger partial charge in [0.2, 0.25) is 0 Å². The maximum Gasteiger partial charge on any atom is 0.573 e. The molecule has 3 aromatic rings. The summed E-state index contributed by atoms with van der Waals surface area (Å²) in [5, 5.41) is 0. The SMILES string of the molecule is Cc1ccc(CCC(C)c2ccccc2OC(F)(F)F)c(C)c1C(C)Cc1ccc(C(F)(F)F)c(C(C)C)c1C(F)(F)F. The minimum absolute atomic E-state index is 0.129. The molecule has 0 spiro atoms. The average molecular weight is 619 g/mol. The Bertz CT molecular complexity index is 1420. The molecule has 2 unspecified atom stereocenters. The van der Waals surface area contributed by atoms with Gasteiger partial charge in [0.25, 0.3) is 0 Å². The van der Waals surface area contributed by atoms with Gasteiger partial charge in [0.05, 0.1) is 11.1 Å². The lowest BCUT2D eigenvalue weighted by Crippen LogP contribution is -2.21. The van der Waals surface area contributed by atoms with Crippen LogP contribution in [0.4, 0.5) is 39.5 Å². The van der Waals surface area contributed by atoms with Crippen molar-refractivity contribution in [1.29, 1.82) is 0 Å². The monoisotopic (exact) mass is 618 g/mol. The van der Waals surface area contributed by atoms with Crippen LogP contribution in [-0.4, -0.2) is 6.36 Å². The molecule has 0 radical (unpaired) electrons. The Kier molecular flexibility index (Phi) is 10.2. The number of hydrogen-bond acceptors (Lipinski definition) is 1. The number of aryl methyl sites for hydroxylation is 2. The lowest BCUT2D eigenvalue weighted by molar-refractivity contribution is -0.275. The summed E-state index contributed by atoms with van der Waals surface area (Å²) >= 11 is 0. The Morgan fingerprint density at radius 3 is 1.84 bits per heavy atom. The fourth-order valence-electron chi connectivity index (χ4n) is 6.02. The summed E-state index contributed by atoms with van der Waals surface area (Å²) in [6, 6.07) is 11.3. The van der Waals surface area contributed by atoms with Gasteiger partial charge in [-0.1, -0.05) is 64.1 Å². The zero-order valence-electron chi connectivity index (χ0n) is 24.8. The summed E-state index contributed by atoms with van der Waals surface area (Å²) in [6.07, 6.45) is -13.9. The predicted octanol–water partition coefficient (Wildman–Crippen LogP) is 11.4. The van der Waals surface area contributed by atoms with Gasteiger partial charge in [-0.05, 0) is 102 Å². The molecule has 0 saturated carbocycles. The van der Waals surface area contributed by atoms with Crippen LogP contribution in [0.2, 0.25) is 0 Å². The summed E-state index contributed by atoms with van der Waals surface area (Å²) < 4.78 is 127. The summed E-state index contributed by atoms with van der Waals surface area (Å²) in [7, 11) is 0. The fraction of sp³-hybridized carbons (Fsp3) is 0.455. The third kappa shape index (κ3) is 8.26. The number of hydrogen-bond donors (Lipinski definition) is 0. The molecule has 3 aromatic carbocycles. The van der Waals surface area contributed by atoms with E-state index in [0.717, 1.165) is 34.4 Å². The van der Waals surface area contributed by atoms with E-state index in [9.17, 15) is 39.5 Å². The molecule has 0 aliphatic carbocycles. The molecule has 0 bridgehead atoms. The minimum atomic E-state index is -4.98. The standard InChI is InChI=1S/C33H35F9O/c1-18(2)28-26(31(34,35)36)16-15-24(30(28)32(37,38)39)17-21(5)29-20(4)12-14-23(22(29)6)13-11-19(3)25-9-7-8-10-27(25)43-33(40,41)42/h7-10,12,14-16,18-19,21H,11,13,17H2,1-6H3. The third-order valence-electron chi connectivity index (χ3n) is 7.88. The molecule has 0 N–H and O–H groups in total. The van der Waals surface area contributed by atoms with Crippen molar-refractivity contribution in [3.63, 3.8) is 0 Å². The molecule has 0 amide bonds. The Morgan fingerprint density at radius 1 is 0.674 bits per heavy atom. The number of alkyl halides is 9. The van der Waals surface area contributed by atoms with Crippen LogP contribution in [0.5, 0.6) is 5.75 Å². The van der Waals surface area contributed by atoms with E-state index in [4.69, 9.17) is 0 Å². The molecule has 10 heteroatoms. The number of para-hydroxylation sites is 1. The van der Waals surface area contributed by atoms with E-state index in [1.807, 2.05) is 26.0 Å². The first kappa shape index (κ1) is 34.3. The summed E-state index contributed by atoms with van der Waals surface area (Å²) in [5.74, 6) is -2.04. The number of rotatable bonds is 9. The number of benzene rings is 3. The van der Waals surface area contributed by atoms with Gasteiger partial charge in [-0.3, -0.25) is 0 Å². The predicted molar refractivity (Wildman–Crippen MR) is 148 cm³/mol. The first-order chi connectivity index (χ1) is 19.7. The highest BCUT2D eigenvalue weighted by Gasteiger charge is 2.43. The first-order valence-corrected chi connectivity index (χ1v) is 14.0. The molecular formula is C33H35F9O. The molecule has 2 atom stereocenters. The van der Waals surface area contributed by atoms with Gasteiger partial charge in [0, 0.05) is 0 Å². The van der Waals surface area contributed by atoms with Gasteiger partial charge in [0.15, 0.2) is 0 Å². The van der Waals surface area contributed by atoms with Gasteiger partial charge in [-0.2, -0.15) is 26.3 Å². The van der Waals surface area contributed by atoms with Gasteiger partial charge in [-0.25, -0.2) is 0 Å². The first-order valence-electron chi connectivity index (χ1n) is 14.0. The van der Waals surface area contributed by atoms with Crippen LogP contribution in [0.25, 0.3) is 0 Å². The average Bonchev–Trinajstić information content (AvgIpc) is 2.85. The third-order valence-corrected chi connectivity index (χ3v) is 7.88. The number of ether oxygens (including phenoxy) is 1. The normalized spacial score (nSPS) is 14.2. The van der Waals surface area contributed by atoms with E-state index in [1.165, 1.54) is 26.0 Å². The van der Waals surface area contributed by atoms with Crippen LogP contribution >= 0.6 is 0 Å². The quantitative estimate of drug-likeness (QED) is 0.217. The van der Waals surface area contributed by atoms with E-state index in [0.29, 0.717) is 18.4 Å². The smallest absolute Gasteiger partial charge is 0.405 e. The molecule has 0 aliphatic rings. The molecule has 43 heavy (non-hydrogen) atoms. The Hall–Kier alpha value is -3.17. The second kappa shape index (κ2) is 12.8. The Labute approximate surface area is 246 Å². The van der Waals surface area contributed by atoms with Crippen LogP contribution in [0.1, 0.15) is 102 Å². The van der Waals surface area contributed by atoms with Crippen molar-refractivity contribution >= 4 is 0 Å². The largest absolute Gasteiger partial charge is 0.573 e. The van der Waals surface area contributed by atoms with Crippen molar-refractivity contribution in [2.24, 2.45) is 0 Å². The van der Waals surface area contributed by atoms with Crippen molar-refractivity contribution in [3.05, 3.63) is 98.6 Å². The van der Waals surface area contributed by atoms with Crippen LogP contribution in [0.15, 0.2) is 48.5 Å². The zero-order valence-corrected chi connectivity index (χ0v) is 24.8. The van der Waals surface area contributed by atoms with E-state index < -0.39 is 47.2 Å².